The highest BCUT2D eigenvalue weighted by molar-refractivity contribution is 6.31. The first kappa shape index (κ1) is 27.7. The van der Waals surface area contributed by atoms with Gasteiger partial charge in [-0.2, -0.15) is 0 Å². The van der Waals surface area contributed by atoms with Crippen LogP contribution in [0.1, 0.15) is 22.3 Å². The third kappa shape index (κ3) is 5.85. The summed E-state index contributed by atoms with van der Waals surface area (Å²) >= 11 is 5.81. The molecule has 2 N–H and O–H groups in total. The van der Waals surface area contributed by atoms with Gasteiger partial charge in [0.15, 0.2) is 11.5 Å². The minimum atomic E-state index is -0.727. The van der Waals surface area contributed by atoms with Crippen molar-refractivity contribution in [3.8, 4) is 11.5 Å². The Bertz CT molecular complexity index is 1820. The van der Waals surface area contributed by atoms with E-state index < -0.39 is 35.4 Å². The molecule has 0 fully saturated rings. The van der Waals surface area contributed by atoms with Crippen molar-refractivity contribution in [1.29, 1.82) is 0 Å². The van der Waals surface area contributed by atoms with Crippen molar-refractivity contribution in [1.82, 2.24) is 14.5 Å². The number of rotatable bonds is 9. The summed E-state index contributed by atoms with van der Waals surface area (Å²) in [6, 6.07) is 13.3. The minimum Gasteiger partial charge on any atom is -0.454 e. The number of aromatic nitrogens is 2. The molecule has 2 heterocycles. The molecule has 3 aromatic carbocycles. The molecule has 0 atom stereocenters. The molecule has 0 aliphatic carbocycles. The molecule has 210 valence electrons. The third-order valence-electron chi connectivity index (χ3n) is 6.44. The van der Waals surface area contributed by atoms with Gasteiger partial charge in [-0.25, -0.2) is 9.18 Å². The van der Waals surface area contributed by atoms with Gasteiger partial charge in [0.05, 0.1) is 15.9 Å². The molecule has 1 aliphatic heterocycles. The second-order valence-corrected chi connectivity index (χ2v) is 9.59. The van der Waals surface area contributed by atoms with E-state index in [0.29, 0.717) is 17.9 Å². The van der Waals surface area contributed by atoms with Gasteiger partial charge >= 0.3 is 5.69 Å². The Kier molecular flexibility index (Phi) is 7.88. The standard InChI is InChI=1S/C29H24ClFN4O6/c1-2-3-10-34-28(38)20-7-5-18(27(37)32-14-17-4-9-24-25(11-17)41-16-40-24)12-23(20)35(29(34)39)15-26(36)33-19-6-8-22(31)21(30)13-19/h2,4-9,11-13H,1,3,10,14-16H2,(H,32,37)(H,33,36). The second-order valence-electron chi connectivity index (χ2n) is 9.18. The summed E-state index contributed by atoms with van der Waals surface area (Å²) in [6.45, 7) is 3.53. The van der Waals surface area contributed by atoms with E-state index in [9.17, 15) is 23.6 Å². The Morgan fingerprint density at radius 1 is 1.02 bits per heavy atom. The van der Waals surface area contributed by atoms with Crippen molar-refractivity contribution >= 4 is 40.0 Å². The Hall–Kier alpha value is -4.90. The molecule has 10 nitrogen and oxygen atoms in total. The lowest BCUT2D eigenvalue weighted by Crippen LogP contribution is -2.42. The molecule has 0 radical (unpaired) electrons. The number of allylic oxidation sites excluding steroid dienone is 1. The zero-order valence-electron chi connectivity index (χ0n) is 21.6. The minimum absolute atomic E-state index is 0.0596. The van der Waals surface area contributed by atoms with Crippen molar-refractivity contribution in [2.75, 3.05) is 12.1 Å². The van der Waals surface area contributed by atoms with E-state index in [1.165, 1.54) is 30.3 Å². The smallest absolute Gasteiger partial charge is 0.331 e. The van der Waals surface area contributed by atoms with Gasteiger partial charge in [-0.3, -0.25) is 23.5 Å². The zero-order valence-corrected chi connectivity index (χ0v) is 22.4. The van der Waals surface area contributed by atoms with Crippen LogP contribution in [-0.2, 0) is 24.4 Å². The Balaban J connectivity index is 1.45. The molecule has 1 aliphatic rings. The largest absolute Gasteiger partial charge is 0.454 e. The molecule has 4 aromatic rings. The van der Waals surface area contributed by atoms with Crippen LogP contribution in [0.5, 0.6) is 11.5 Å². The van der Waals surface area contributed by atoms with Crippen molar-refractivity contribution < 1.29 is 23.5 Å². The second kappa shape index (κ2) is 11.7. The molecule has 0 bridgehead atoms. The van der Waals surface area contributed by atoms with E-state index in [1.807, 2.05) is 0 Å². The van der Waals surface area contributed by atoms with E-state index in [1.54, 1.807) is 24.3 Å². The van der Waals surface area contributed by atoms with Crippen LogP contribution in [-0.4, -0.2) is 27.7 Å². The van der Waals surface area contributed by atoms with E-state index in [-0.39, 0.29) is 47.1 Å². The number of carbonyl (C=O) groups is 2. The highest BCUT2D eigenvalue weighted by Gasteiger charge is 2.18. The number of hydrogen-bond donors (Lipinski definition) is 2. The van der Waals surface area contributed by atoms with Crippen LogP contribution in [0.25, 0.3) is 10.9 Å². The molecule has 0 saturated heterocycles. The summed E-state index contributed by atoms with van der Waals surface area (Å²) < 4.78 is 26.3. The average molecular weight is 579 g/mol. The van der Waals surface area contributed by atoms with Gasteiger partial charge in [-0.1, -0.05) is 23.7 Å². The van der Waals surface area contributed by atoms with E-state index >= 15 is 0 Å². The van der Waals surface area contributed by atoms with Gasteiger partial charge in [0.2, 0.25) is 12.7 Å². The number of halogens is 2. The predicted octanol–water partition coefficient (Wildman–Crippen LogP) is 3.83. The molecule has 5 rings (SSSR count). The van der Waals surface area contributed by atoms with Crippen molar-refractivity contribution in [3.05, 3.63) is 110 Å². The summed E-state index contributed by atoms with van der Waals surface area (Å²) in [4.78, 5) is 52.5. The fourth-order valence-electron chi connectivity index (χ4n) is 4.38. The summed E-state index contributed by atoms with van der Waals surface area (Å²) in [6.07, 6.45) is 1.92. The van der Waals surface area contributed by atoms with Crippen molar-refractivity contribution in [2.45, 2.75) is 26.1 Å². The average Bonchev–Trinajstić information content (AvgIpc) is 3.44. The van der Waals surface area contributed by atoms with E-state index in [4.69, 9.17) is 21.1 Å². The molecule has 2 amide bonds. The van der Waals surface area contributed by atoms with E-state index in [0.717, 1.165) is 20.8 Å². The topological polar surface area (TPSA) is 121 Å². The quantitative estimate of drug-likeness (QED) is 0.291. The lowest BCUT2D eigenvalue weighted by Gasteiger charge is -2.15. The van der Waals surface area contributed by atoms with Crippen LogP contribution in [0, 0.1) is 5.82 Å². The van der Waals surface area contributed by atoms with E-state index in [2.05, 4.69) is 17.2 Å². The van der Waals surface area contributed by atoms with Crippen LogP contribution in [0.2, 0.25) is 5.02 Å². The highest BCUT2D eigenvalue weighted by atomic mass is 35.5. The summed E-state index contributed by atoms with van der Waals surface area (Å²) in [5.41, 5.74) is 0.0132. The predicted molar refractivity (Wildman–Crippen MR) is 151 cm³/mol. The van der Waals surface area contributed by atoms with Crippen LogP contribution < -0.4 is 31.4 Å². The fraction of sp³-hybridized carbons (Fsp3) is 0.172. The number of ether oxygens (including phenoxy) is 2. The van der Waals surface area contributed by atoms with Crippen molar-refractivity contribution in [3.63, 3.8) is 0 Å². The van der Waals surface area contributed by atoms with Gasteiger partial charge in [0.1, 0.15) is 12.4 Å². The highest BCUT2D eigenvalue weighted by Crippen LogP contribution is 2.32. The number of hydrogen-bond acceptors (Lipinski definition) is 6. The first-order valence-corrected chi connectivity index (χ1v) is 12.9. The first-order valence-electron chi connectivity index (χ1n) is 12.5. The number of anilines is 1. The normalized spacial score (nSPS) is 11.9. The number of amides is 2. The number of nitrogens with one attached hydrogen (secondary N) is 2. The van der Waals surface area contributed by atoms with Gasteiger partial charge in [0.25, 0.3) is 11.5 Å². The number of fused-ring (bicyclic) bond motifs is 2. The molecule has 0 saturated carbocycles. The number of benzene rings is 3. The molecular formula is C29H24ClFN4O6. The van der Waals surface area contributed by atoms with Gasteiger partial charge < -0.3 is 20.1 Å². The van der Waals surface area contributed by atoms with Crippen molar-refractivity contribution in [2.24, 2.45) is 0 Å². The first-order chi connectivity index (χ1) is 19.7. The molecular weight excluding hydrogens is 555 g/mol. The van der Waals surface area contributed by atoms with Crippen LogP contribution in [0.4, 0.5) is 10.1 Å². The maximum Gasteiger partial charge on any atom is 0.331 e. The molecule has 1 aromatic heterocycles. The van der Waals surface area contributed by atoms with Crippen LogP contribution >= 0.6 is 11.6 Å². The van der Waals surface area contributed by atoms with Gasteiger partial charge in [-0.15, -0.1) is 6.58 Å². The third-order valence-corrected chi connectivity index (χ3v) is 6.73. The SMILES string of the molecule is C=CCCn1c(=O)c2ccc(C(=O)NCc3ccc4c(c3)OCO4)cc2n(CC(=O)Nc2ccc(F)c(Cl)c2)c1=O. The Morgan fingerprint density at radius 3 is 2.61 bits per heavy atom. The van der Waals surface area contributed by atoms with Gasteiger partial charge in [0, 0.05) is 24.3 Å². The molecule has 0 spiro atoms. The molecule has 12 heteroatoms. The summed E-state index contributed by atoms with van der Waals surface area (Å²) in [7, 11) is 0. The zero-order chi connectivity index (χ0) is 29.1. The summed E-state index contributed by atoms with van der Waals surface area (Å²) in [5.74, 6) is -0.517. The Morgan fingerprint density at radius 2 is 1.83 bits per heavy atom. The summed E-state index contributed by atoms with van der Waals surface area (Å²) in [5, 5.41) is 5.34. The lowest BCUT2D eigenvalue weighted by atomic mass is 10.1. The van der Waals surface area contributed by atoms with Crippen LogP contribution in [0.3, 0.4) is 0 Å². The number of carbonyl (C=O) groups excluding carboxylic acids is 2. The van der Waals surface area contributed by atoms with Crippen LogP contribution in [0.15, 0.2) is 76.8 Å². The monoisotopic (exact) mass is 578 g/mol. The molecule has 0 unspecified atom stereocenters. The maximum atomic E-state index is 13.5. The van der Waals surface area contributed by atoms with Gasteiger partial charge in [-0.05, 0) is 60.5 Å². The maximum absolute atomic E-state index is 13.5. The number of nitrogens with zero attached hydrogens (tertiary/aromatic N) is 2. The molecule has 41 heavy (non-hydrogen) atoms. The fourth-order valence-corrected chi connectivity index (χ4v) is 4.56. The Labute approximate surface area is 237 Å². The lowest BCUT2D eigenvalue weighted by molar-refractivity contribution is -0.116.